The monoisotopic (exact) mass is 444 g/mol. The number of nitrogens with zero attached hydrogens (tertiary/aromatic N) is 1. The van der Waals surface area contributed by atoms with Crippen LogP contribution in [-0.4, -0.2) is 31.5 Å². The van der Waals surface area contributed by atoms with Crippen LogP contribution in [0.5, 0.6) is 11.5 Å². The van der Waals surface area contributed by atoms with Gasteiger partial charge in [0.25, 0.3) is 12.1 Å². The molecule has 1 unspecified atom stereocenters. The maximum Gasteiger partial charge on any atom is 0.439 e. The molecule has 1 N–H and O–H groups in total. The summed E-state index contributed by atoms with van der Waals surface area (Å²) in [6, 6.07) is 12.0. The minimum Gasteiger partial charge on any atom is -0.495 e. The average Bonchev–Trinajstić information content (AvgIpc) is 2.72. The lowest BCUT2D eigenvalue weighted by molar-refractivity contribution is -0.304. The number of alkyl halides is 6. The fraction of sp³-hybridized carbons (Fsp3) is 0.200. The van der Waals surface area contributed by atoms with Crippen molar-refractivity contribution < 1.29 is 40.6 Å². The van der Waals surface area contributed by atoms with Crippen LogP contribution >= 0.6 is 0 Å². The summed E-state index contributed by atoms with van der Waals surface area (Å²) in [6.07, 6.45) is -14.3. The Morgan fingerprint density at radius 3 is 2.26 bits per heavy atom. The summed E-state index contributed by atoms with van der Waals surface area (Å²) >= 11 is 0. The van der Waals surface area contributed by atoms with Crippen molar-refractivity contribution in [2.75, 3.05) is 12.4 Å². The van der Waals surface area contributed by atoms with Crippen molar-refractivity contribution in [3.05, 3.63) is 59.7 Å². The summed E-state index contributed by atoms with van der Waals surface area (Å²) < 4.78 is 84.9. The quantitative estimate of drug-likeness (QED) is 0.366. The highest BCUT2D eigenvalue weighted by Crippen LogP contribution is 2.36. The summed E-state index contributed by atoms with van der Waals surface area (Å²) in [7, 11) is 1.39. The number of nitrogens with one attached hydrogen (secondary N) is 1. The van der Waals surface area contributed by atoms with Crippen molar-refractivity contribution in [2.45, 2.75) is 18.5 Å². The Morgan fingerprint density at radius 1 is 1.10 bits per heavy atom. The molecule has 0 bridgehead atoms. The first-order valence-corrected chi connectivity index (χ1v) is 8.41. The molecule has 31 heavy (non-hydrogen) atoms. The molecule has 0 saturated carbocycles. The maximum atomic E-state index is 13.3. The van der Waals surface area contributed by atoms with Gasteiger partial charge in [0.2, 0.25) is 0 Å². The minimum atomic E-state index is -5.80. The van der Waals surface area contributed by atoms with Gasteiger partial charge < -0.3 is 14.8 Å². The molecule has 1 amide bonds. The Bertz CT molecular complexity index is 997. The summed E-state index contributed by atoms with van der Waals surface area (Å²) in [4.78, 5) is 12.3. The molecule has 0 aliphatic carbocycles. The van der Waals surface area contributed by atoms with Crippen LogP contribution < -0.4 is 14.8 Å². The summed E-state index contributed by atoms with van der Waals surface area (Å²) in [5.41, 5.74) is 0.119. The number of carbonyl (C=O) groups is 1. The van der Waals surface area contributed by atoms with Crippen molar-refractivity contribution in [3.8, 4) is 17.6 Å². The van der Waals surface area contributed by atoms with Gasteiger partial charge in [-0.1, -0.05) is 24.3 Å². The van der Waals surface area contributed by atoms with E-state index in [1.807, 2.05) is 0 Å². The SMILES string of the molecule is COc1ccccc1NC(=O)/C(C#N)=C/c1ccc(OC(F)(F)C(F)C(F)(F)F)cc1. The molecule has 164 valence electrons. The molecule has 2 aromatic carbocycles. The molecule has 0 fully saturated rings. The van der Waals surface area contributed by atoms with Gasteiger partial charge in [-0.25, -0.2) is 4.39 Å². The summed E-state index contributed by atoms with van der Waals surface area (Å²) in [5, 5.41) is 11.7. The largest absolute Gasteiger partial charge is 0.495 e. The van der Waals surface area contributed by atoms with Gasteiger partial charge in [-0.3, -0.25) is 4.79 Å². The smallest absolute Gasteiger partial charge is 0.439 e. The van der Waals surface area contributed by atoms with E-state index in [9.17, 15) is 36.4 Å². The van der Waals surface area contributed by atoms with Crippen molar-refractivity contribution in [1.82, 2.24) is 0 Å². The van der Waals surface area contributed by atoms with Crippen LogP contribution in [-0.2, 0) is 4.79 Å². The molecule has 0 spiro atoms. The number of methoxy groups -OCH3 is 1. The first-order valence-electron chi connectivity index (χ1n) is 8.41. The van der Waals surface area contributed by atoms with Crippen molar-refractivity contribution >= 4 is 17.7 Å². The van der Waals surface area contributed by atoms with Gasteiger partial charge in [-0.05, 0) is 35.9 Å². The molecule has 0 saturated heterocycles. The molecular formula is C20H14F6N2O3. The predicted molar refractivity (Wildman–Crippen MR) is 98.2 cm³/mol. The van der Waals surface area contributed by atoms with Crippen LogP contribution in [0.2, 0.25) is 0 Å². The number of anilines is 1. The first kappa shape index (κ1) is 23.6. The highest BCUT2D eigenvalue weighted by atomic mass is 19.4. The first-order chi connectivity index (χ1) is 14.5. The van der Waals surface area contributed by atoms with Gasteiger partial charge in [0.15, 0.2) is 0 Å². The maximum absolute atomic E-state index is 13.3. The number of halogens is 6. The zero-order valence-electron chi connectivity index (χ0n) is 15.7. The second-order valence-electron chi connectivity index (χ2n) is 5.96. The van der Waals surface area contributed by atoms with Gasteiger partial charge in [0, 0.05) is 0 Å². The van der Waals surface area contributed by atoms with Gasteiger partial charge in [0.1, 0.15) is 23.1 Å². The lowest BCUT2D eigenvalue weighted by Crippen LogP contribution is -2.45. The van der Waals surface area contributed by atoms with Gasteiger partial charge >= 0.3 is 12.3 Å². The standard InChI is InChI=1S/C20H14F6N2O3/c1-30-16-5-3-2-4-15(16)28-17(29)13(11-27)10-12-6-8-14(9-7-12)31-20(25,26)18(21)19(22,23)24/h2-10,18H,1H3,(H,28,29)/b13-10+. The van der Waals surface area contributed by atoms with Crippen molar-refractivity contribution in [3.63, 3.8) is 0 Å². The number of benzene rings is 2. The van der Waals surface area contributed by atoms with E-state index in [2.05, 4.69) is 10.1 Å². The highest BCUT2D eigenvalue weighted by molar-refractivity contribution is 6.10. The number of hydrogen-bond acceptors (Lipinski definition) is 4. The van der Waals surface area contributed by atoms with E-state index >= 15 is 0 Å². The number of hydrogen-bond donors (Lipinski definition) is 1. The molecule has 0 radical (unpaired) electrons. The summed E-state index contributed by atoms with van der Waals surface area (Å²) in [5.74, 6) is -1.18. The van der Waals surface area contributed by atoms with Crippen LogP contribution in [0, 0.1) is 11.3 Å². The van der Waals surface area contributed by atoms with Crippen LogP contribution in [0.1, 0.15) is 5.56 Å². The molecule has 2 aromatic rings. The third-order valence-corrected chi connectivity index (χ3v) is 3.75. The van der Waals surface area contributed by atoms with Crippen molar-refractivity contribution in [2.24, 2.45) is 0 Å². The number of para-hydroxylation sites is 2. The lowest BCUT2D eigenvalue weighted by Gasteiger charge is -2.23. The number of amides is 1. The predicted octanol–water partition coefficient (Wildman–Crippen LogP) is 5.11. The number of nitriles is 1. The lowest BCUT2D eigenvalue weighted by atomic mass is 10.1. The molecule has 5 nitrogen and oxygen atoms in total. The van der Waals surface area contributed by atoms with E-state index in [0.29, 0.717) is 11.4 Å². The van der Waals surface area contributed by atoms with E-state index < -0.39 is 30.1 Å². The molecular weight excluding hydrogens is 430 g/mol. The van der Waals surface area contributed by atoms with E-state index in [4.69, 9.17) is 4.74 Å². The third kappa shape index (κ3) is 6.15. The van der Waals surface area contributed by atoms with Crippen LogP contribution in [0.25, 0.3) is 6.08 Å². The normalized spacial score (nSPS) is 13.2. The fourth-order valence-electron chi connectivity index (χ4n) is 2.28. The van der Waals surface area contributed by atoms with Crippen LogP contribution in [0.15, 0.2) is 54.1 Å². The zero-order valence-corrected chi connectivity index (χ0v) is 15.7. The second-order valence-corrected chi connectivity index (χ2v) is 5.96. The summed E-state index contributed by atoms with van der Waals surface area (Å²) in [6.45, 7) is 0. The molecule has 0 heterocycles. The van der Waals surface area contributed by atoms with E-state index in [-0.39, 0.29) is 11.1 Å². The number of ether oxygens (including phenoxy) is 2. The van der Waals surface area contributed by atoms with Crippen molar-refractivity contribution in [1.29, 1.82) is 5.26 Å². The van der Waals surface area contributed by atoms with Gasteiger partial charge in [-0.2, -0.15) is 27.2 Å². The molecule has 0 aliphatic heterocycles. The molecule has 2 rings (SSSR count). The number of carbonyl (C=O) groups excluding carboxylic acids is 1. The second kappa shape index (κ2) is 9.42. The molecule has 11 heteroatoms. The third-order valence-electron chi connectivity index (χ3n) is 3.75. The van der Waals surface area contributed by atoms with Gasteiger partial charge in [0.05, 0.1) is 12.8 Å². The Balaban J connectivity index is 2.15. The molecule has 0 aromatic heterocycles. The van der Waals surface area contributed by atoms with E-state index in [0.717, 1.165) is 30.3 Å². The molecule has 0 aliphatic rings. The molecule has 1 atom stereocenters. The fourth-order valence-corrected chi connectivity index (χ4v) is 2.28. The Kier molecular flexibility index (Phi) is 7.17. The Morgan fingerprint density at radius 2 is 1.71 bits per heavy atom. The number of rotatable bonds is 7. The van der Waals surface area contributed by atoms with Gasteiger partial charge in [-0.15, -0.1) is 0 Å². The van der Waals surface area contributed by atoms with Crippen LogP contribution in [0.4, 0.5) is 32.0 Å². The van der Waals surface area contributed by atoms with Crippen LogP contribution in [0.3, 0.4) is 0 Å². The Labute approximate surface area is 172 Å². The highest BCUT2D eigenvalue weighted by Gasteiger charge is 2.59. The minimum absolute atomic E-state index is 0.176. The van der Waals surface area contributed by atoms with E-state index in [1.54, 1.807) is 24.3 Å². The Hall–Kier alpha value is -3.68. The zero-order chi connectivity index (χ0) is 23.2. The average molecular weight is 444 g/mol. The topological polar surface area (TPSA) is 71.3 Å². The van der Waals surface area contributed by atoms with E-state index in [1.165, 1.54) is 13.2 Å².